The Morgan fingerprint density at radius 2 is 1.76 bits per heavy atom. The molecular formula is C28H38N8O4S. The Morgan fingerprint density at radius 1 is 1.02 bits per heavy atom. The zero-order valence-corrected chi connectivity index (χ0v) is 24.6. The predicted molar refractivity (Wildman–Crippen MR) is 157 cm³/mol. The molecule has 1 saturated carbocycles. The summed E-state index contributed by atoms with van der Waals surface area (Å²) < 4.78 is 34.8. The van der Waals surface area contributed by atoms with Crippen molar-refractivity contribution in [1.29, 1.82) is 0 Å². The summed E-state index contributed by atoms with van der Waals surface area (Å²) in [4.78, 5) is 14.1. The second-order valence-electron chi connectivity index (χ2n) is 11.7. The standard InChI is InChI=1S/C28H38N8O4S/c1-19-14-23(30-27(29-19)36-20(2)17-40-18-21(36)3)24-16-35(33-31-24)25-5-4-22(32-41(38,39)13-12-37)15-26(25)34-10-8-28(6-7-28)9-11-34/h4-5,14-16,20-21,32,37H,6-13,17-18H2,1-3H3/t20-,21+. The molecule has 3 fully saturated rings. The van der Waals surface area contributed by atoms with Crippen LogP contribution in [0.2, 0.25) is 0 Å². The van der Waals surface area contributed by atoms with E-state index >= 15 is 0 Å². The minimum Gasteiger partial charge on any atom is -0.395 e. The summed E-state index contributed by atoms with van der Waals surface area (Å²) >= 11 is 0. The quantitative estimate of drug-likeness (QED) is 0.408. The lowest BCUT2D eigenvalue weighted by Gasteiger charge is -2.38. The second kappa shape index (κ2) is 10.8. The van der Waals surface area contributed by atoms with Crippen molar-refractivity contribution < 1.29 is 18.3 Å². The molecule has 6 rings (SSSR count). The molecule has 3 aromatic rings. The number of ether oxygens (including phenoxy) is 1. The molecule has 0 amide bonds. The number of morpholine rings is 1. The van der Waals surface area contributed by atoms with Crippen molar-refractivity contribution in [3.05, 3.63) is 36.2 Å². The van der Waals surface area contributed by atoms with Gasteiger partial charge in [-0.15, -0.1) is 5.10 Å². The van der Waals surface area contributed by atoms with E-state index in [0.29, 0.717) is 41.7 Å². The maximum absolute atomic E-state index is 12.4. The number of piperidine rings is 1. The highest BCUT2D eigenvalue weighted by atomic mass is 32.2. The number of hydrogen-bond acceptors (Lipinski definition) is 10. The van der Waals surface area contributed by atoms with Crippen LogP contribution in [0, 0.1) is 12.3 Å². The van der Waals surface area contributed by atoms with Gasteiger partial charge >= 0.3 is 0 Å². The predicted octanol–water partition coefficient (Wildman–Crippen LogP) is 2.76. The molecule has 13 heteroatoms. The maximum atomic E-state index is 12.4. The van der Waals surface area contributed by atoms with Crippen LogP contribution >= 0.6 is 0 Å². The van der Waals surface area contributed by atoms with Crippen molar-refractivity contribution in [3.63, 3.8) is 0 Å². The number of nitrogens with zero attached hydrogens (tertiary/aromatic N) is 7. The molecule has 3 aliphatic rings. The lowest BCUT2D eigenvalue weighted by atomic mass is 9.93. The molecule has 0 bridgehead atoms. The second-order valence-corrected chi connectivity index (χ2v) is 13.6. The maximum Gasteiger partial charge on any atom is 0.234 e. The van der Waals surface area contributed by atoms with Gasteiger partial charge in [-0.25, -0.2) is 23.1 Å². The Balaban J connectivity index is 1.33. The monoisotopic (exact) mass is 582 g/mol. The summed E-state index contributed by atoms with van der Waals surface area (Å²) in [6.07, 6.45) is 6.69. The Bertz CT molecular complexity index is 1500. The van der Waals surface area contributed by atoms with Crippen LogP contribution in [0.25, 0.3) is 17.1 Å². The van der Waals surface area contributed by atoms with Crippen LogP contribution in [0.5, 0.6) is 0 Å². The first-order valence-corrected chi connectivity index (χ1v) is 16.0. The first-order valence-electron chi connectivity index (χ1n) is 14.3. The fourth-order valence-electron chi connectivity index (χ4n) is 5.98. The van der Waals surface area contributed by atoms with Gasteiger partial charge < -0.3 is 19.6 Å². The van der Waals surface area contributed by atoms with Gasteiger partial charge in [-0.05, 0) is 76.1 Å². The van der Waals surface area contributed by atoms with Crippen LogP contribution in [-0.4, -0.2) is 89.2 Å². The summed E-state index contributed by atoms with van der Waals surface area (Å²) in [5.74, 6) is 0.297. The summed E-state index contributed by atoms with van der Waals surface area (Å²) in [6, 6.07) is 7.64. The van der Waals surface area contributed by atoms with E-state index < -0.39 is 16.6 Å². The number of aliphatic hydroxyl groups excluding tert-OH is 1. The van der Waals surface area contributed by atoms with E-state index in [1.165, 1.54) is 12.8 Å². The van der Waals surface area contributed by atoms with Crippen LogP contribution < -0.4 is 14.5 Å². The lowest BCUT2D eigenvalue weighted by molar-refractivity contribution is 0.0747. The van der Waals surface area contributed by atoms with Crippen LogP contribution in [0.15, 0.2) is 30.5 Å². The van der Waals surface area contributed by atoms with Gasteiger partial charge in [0.15, 0.2) is 0 Å². The van der Waals surface area contributed by atoms with Crippen molar-refractivity contribution in [2.45, 2.75) is 58.5 Å². The number of benzene rings is 1. The Kier molecular flexibility index (Phi) is 7.37. The molecule has 0 unspecified atom stereocenters. The number of rotatable bonds is 8. The van der Waals surface area contributed by atoms with Crippen LogP contribution in [0.3, 0.4) is 0 Å². The third-order valence-corrected chi connectivity index (χ3v) is 9.74. The Labute approximate surface area is 240 Å². The third kappa shape index (κ3) is 5.88. The summed E-state index contributed by atoms with van der Waals surface area (Å²) in [6.45, 7) is 8.77. The van der Waals surface area contributed by atoms with E-state index in [-0.39, 0.29) is 17.8 Å². The van der Waals surface area contributed by atoms with Gasteiger partial charge in [-0.3, -0.25) is 4.72 Å². The molecule has 1 spiro atoms. The van der Waals surface area contributed by atoms with Gasteiger partial charge in [0.25, 0.3) is 0 Å². The van der Waals surface area contributed by atoms with E-state index in [2.05, 4.69) is 38.7 Å². The van der Waals surface area contributed by atoms with Gasteiger partial charge in [0.05, 0.1) is 66.6 Å². The number of aliphatic hydroxyl groups is 1. The van der Waals surface area contributed by atoms with E-state index in [1.54, 1.807) is 10.7 Å². The minimum absolute atomic E-state index is 0.152. The molecule has 1 aromatic carbocycles. The first-order chi connectivity index (χ1) is 19.7. The van der Waals surface area contributed by atoms with Crippen molar-refractivity contribution in [1.82, 2.24) is 25.0 Å². The highest BCUT2D eigenvalue weighted by molar-refractivity contribution is 7.92. The fraction of sp³-hybridized carbons (Fsp3) is 0.571. The molecule has 2 aromatic heterocycles. The molecule has 0 radical (unpaired) electrons. The highest BCUT2D eigenvalue weighted by Gasteiger charge is 2.44. The zero-order chi connectivity index (χ0) is 28.8. The molecule has 2 N–H and O–H groups in total. The molecule has 41 heavy (non-hydrogen) atoms. The Morgan fingerprint density at radius 3 is 2.44 bits per heavy atom. The number of aromatic nitrogens is 5. The van der Waals surface area contributed by atoms with Gasteiger partial charge in [0.1, 0.15) is 5.69 Å². The van der Waals surface area contributed by atoms with Gasteiger partial charge in [0, 0.05) is 18.8 Å². The first kappa shape index (κ1) is 27.9. The van der Waals surface area contributed by atoms with Gasteiger partial charge in [-0.2, -0.15) is 0 Å². The summed E-state index contributed by atoms with van der Waals surface area (Å²) in [5, 5.41) is 18.1. The normalized spacial score (nSPS) is 22.2. The fourth-order valence-corrected chi connectivity index (χ4v) is 6.81. The molecule has 2 aliphatic heterocycles. The third-order valence-electron chi connectivity index (χ3n) is 8.47. The molecule has 4 heterocycles. The number of nitrogens with one attached hydrogen (secondary N) is 1. The molecular weight excluding hydrogens is 544 g/mol. The number of hydrogen-bond donors (Lipinski definition) is 2. The summed E-state index contributed by atoms with van der Waals surface area (Å²) in [7, 11) is -3.65. The average Bonchev–Trinajstić information content (AvgIpc) is 3.48. The SMILES string of the molecule is Cc1cc(-c2cn(-c3ccc(NS(=O)(=O)CCO)cc3N3CCC4(CC3)CC4)nn2)nc(N2[C@H](C)COC[C@@H]2C)n1. The molecule has 12 nitrogen and oxygen atoms in total. The minimum atomic E-state index is -3.65. The van der Waals surface area contributed by atoms with E-state index in [1.807, 2.05) is 31.3 Å². The number of sulfonamides is 1. The van der Waals surface area contributed by atoms with Crippen molar-refractivity contribution >= 4 is 27.3 Å². The largest absolute Gasteiger partial charge is 0.395 e. The van der Waals surface area contributed by atoms with E-state index in [0.717, 1.165) is 43.0 Å². The van der Waals surface area contributed by atoms with E-state index in [9.17, 15) is 8.42 Å². The van der Waals surface area contributed by atoms with Crippen molar-refractivity contribution in [2.24, 2.45) is 5.41 Å². The smallest absolute Gasteiger partial charge is 0.234 e. The van der Waals surface area contributed by atoms with Crippen LogP contribution in [0.1, 0.15) is 45.2 Å². The number of anilines is 3. The van der Waals surface area contributed by atoms with Crippen molar-refractivity contribution in [2.75, 3.05) is 53.2 Å². The highest BCUT2D eigenvalue weighted by Crippen LogP contribution is 2.54. The lowest BCUT2D eigenvalue weighted by Crippen LogP contribution is -2.50. The Hall–Kier alpha value is -3.29. The van der Waals surface area contributed by atoms with Gasteiger partial charge in [0.2, 0.25) is 16.0 Å². The topological polar surface area (TPSA) is 139 Å². The average molecular weight is 583 g/mol. The zero-order valence-electron chi connectivity index (χ0n) is 23.8. The van der Waals surface area contributed by atoms with Crippen LogP contribution in [0.4, 0.5) is 17.3 Å². The molecule has 1 aliphatic carbocycles. The molecule has 2 atom stereocenters. The van der Waals surface area contributed by atoms with E-state index in [4.69, 9.17) is 19.8 Å². The summed E-state index contributed by atoms with van der Waals surface area (Å²) in [5.41, 5.74) is 4.80. The number of aryl methyl sites for hydroxylation is 1. The van der Waals surface area contributed by atoms with Crippen LogP contribution in [-0.2, 0) is 14.8 Å². The molecule has 2 saturated heterocycles. The molecule has 220 valence electrons. The van der Waals surface area contributed by atoms with Gasteiger partial charge in [-0.1, -0.05) is 5.21 Å². The van der Waals surface area contributed by atoms with Crippen molar-refractivity contribution in [3.8, 4) is 17.1 Å².